The quantitative estimate of drug-likeness (QED) is 0.764. The Morgan fingerprint density at radius 1 is 1.09 bits per heavy atom. The normalized spacial score (nSPS) is 27.3. The van der Waals surface area contributed by atoms with Crippen LogP contribution < -0.4 is 9.80 Å². The molecule has 0 aromatic carbocycles. The number of hydrogen-bond acceptors (Lipinski definition) is 3. The third-order valence-corrected chi connectivity index (χ3v) is 6.16. The van der Waals surface area contributed by atoms with Crippen molar-refractivity contribution in [2.45, 2.75) is 77.4 Å². The lowest BCUT2D eigenvalue weighted by Gasteiger charge is -2.36. The van der Waals surface area contributed by atoms with Crippen molar-refractivity contribution in [3.8, 4) is 0 Å². The molecule has 0 amide bonds. The number of nitrogens with one attached hydrogen (secondary N) is 2. The van der Waals surface area contributed by atoms with E-state index in [1.165, 1.54) is 58.3 Å². The van der Waals surface area contributed by atoms with Crippen molar-refractivity contribution in [2.75, 3.05) is 26.2 Å². The van der Waals surface area contributed by atoms with E-state index >= 15 is 0 Å². The third kappa shape index (κ3) is 3.91. The van der Waals surface area contributed by atoms with Gasteiger partial charge in [0.05, 0.1) is 11.6 Å². The number of tetrazole rings is 1. The Balaban J connectivity index is 1.54. The molecule has 0 unspecified atom stereocenters. The molecule has 2 fully saturated rings. The largest absolute Gasteiger partial charge is 0.323 e. The zero-order valence-corrected chi connectivity index (χ0v) is 15.1. The summed E-state index contributed by atoms with van der Waals surface area (Å²) >= 11 is 0. The molecule has 23 heavy (non-hydrogen) atoms. The average molecular weight is 323 g/mol. The van der Waals surface area contributed by atoms with Gasteiger partial charge in [-0.1, -0.05) is 13.3 Å². The number of nitrogens with zero attached hydrogens (tertiary/aromatic N) is 4. The maximum absolute atomic E-state index is 4.31. The van der Waals surface area contributed by atoms with Crippen LogP contribution in [0.4, 0.5) is 0 Å². The standard InChI is InChI=1S/C17H32N6/c1-4-17(2,3)23-16(18-19-20-23)14-21-10-12-22(13-11-21)15-8-6-5-7-9-15/h15H,4-14H2,1-3H3/p+2. The lowest BCUT2D eigenvalue weighted by molar-refractivity contribution is -1.03. The Kier molecular flexibility index (Phi) is 5.31. The van der Waals surface area contributed by atoms with E-state index in [9.17, 15) is 0 Å². The maximum Gasteiger partial charge on any atom is 0.206 e. The summed E-state index contributed by atoms with van der Waals surface area (Å²) in [6.45, 7) is 12.7. The molecule has 130 valence electrons. The number of aromatic nitrogens is 4. The van der Waals surface area contributed by atoms with Gasteiger partial charge < -0.3 is 9.80 Å². The van der Waals surface area contributed by atoms with Gasteiger partial charge in [-0.05, 0) is 56.4 Å². The smallest absolute Gasteiger partial charge is 0.206 e. The minimum absolute atomic E-state index is 0.00738. The second kappa shape index (κ2) is 7.26. The molecule has 1 saturated carbocycles. The van der Waals surface area contributed by atoms with Gasteiger partial charge in [0.25, 0.3) is 0 Å². The fraction of sp³-hybridized carbons (Fsp3) is 0.941. The van der Waals surface area contributed by atoms with Crippen LogP contribution in [-0.4, -0.2) is 52.4 Å². The minimum atomic E-state index is 0.00738. The highest BCUT2D eigenvalue weighted by Crippen LogP contribution is 2.18. The average Bonchev–Trinajstić information content (AvgIpc) is 3.05. The molecule has 6 heteroatoms. The van der Waals surface area contributed by atoms with Crippen LogP contribution in [0.15, 0.2) is 0 Å². The van der Waals surface area contributed by atoms with Crippen molar-refractivity contribution in [3.05, 3.63) is 5.82 Å². The van der Waals surface area contributed by atoms with Crippen molar-refractivity contribution in [1.29, 1.82) is 0 Å². The van der Waals surface area contributed by atoms with Crippen LogP contribution in [-0.2, 0) is 12.1 Å². The predicted molar refractivity (Wildman–Crippen MR) is 89.4 cm³/mol. The van der Waals surface area contributed by atoms with E-state index < -0.39 is 0 Å². The van der Waals surface area contributed by atoms with Crippen molar-refractivity contribution >= 4 is 0 Å². The maximum atomic E-state index is 4.31. The van der Waals surface area contributed by atoms with E-state index in [2.05, 4.69) is 36.3 Å². The molecule has 0 radical (unpaired) electrons. The molecule has 1 saturated heterocycles. The molecule has 6 nitrogen and oxygen atoms in total. The summed E-state index contributed by atoms with van der Waals surface area (Å²) in [5.41, 5.74) is 0.00738. The van der Waals surface area contributed by atoms with Crippen molar-refractivity contribution in [1.82, 2.24) is 20.2 Å². The minimum Gasteiger partial charge on any atom is -0.323 e. The first-order valence-corrected chi connectivity index (χ1v) is 9.56. The number of rotatable bonds is 5. The highest BCUT2D eigenvalue weighted by molar-refractivity contribution is 4.85. The number of piperazine rings is 1. The monoisotopic (exact) mass is 322 g/mol. The van der Waals surface area contributed by atoms with Crippen LogP contribution in [0.5, 0.6) is 0 Å². The lowest BCUT2D eigenvalue weighted by atomic mass is 9.94. The summed E-state index contributed by atoms with van der Waals surface area (Å²) in [5, 5.41) is 12.5. The summed E-state index contributed by atoms with van der Waals surface area (Å²) in [6.07, 6.45) is 8.30. The fourth-order valence-corrected chi connectivity index (χ4v) is 4.18. The molecule has 0 atom stereocenters. The Morgan fingerprint density at radius 2 is 1.78 bits per heavy atom. The van der Waals surface area contributed by atoms with E-state index in [0.29, 0.717) is 0 Å². The number of hydrogen-bond donors (Lipinski definition) is 2. The molecule has 2 N–H and O–H groups in total. The summed E-state index contributed by atoms with van der Waals surface area (Å²) < 4.78 is 2.04. The van der Waals surface area contributed by atoms with Crippen molar-refractivity contribution in [2.24, 2.45) is 0 Å². The molecular weight excluding hydrogens is 288 g/mol. The molecule has 1 aliphatic carbocycles. The van der Waals surface area contributed by atoms with E-state index in [0.717, 1.165) is 24.8 Å². The molecule has 1 aromatic rings. The van der Waals surface area contributed by atoms with Crippen LogP contribution in [0.2, 0.25) is 0 Å². The predicted octanol–water partition coefficient (Wildman–Crippen LogP) is -0.566. The molecule has 1 aliphatic heterocycles. The zero-order chi connectivity index (χ0) is 16.3. The topological polar surface area (TPSA) is 52.5 Å². The first kappa shape index (κ1) is 16.8. The first-order chi connectivity index (χ1) is 11.1. The Bertz CT molecular complexity index is 483. The molecular formula is C17H34N6+2. The molecule has 0 bridgehead atoms. The van der Waals surface area contributed by atoms with Gasteiger partial charge in [-0.25, -0.2) is 4.68 Å². The van der Waals surface area contributed by atoms with Crippen LogP contribution in [0, 0.1) is 0 Å². The van der Waals surface area contributed by atoms with Crippen LogP contribution in [0.3, 0.4) is 0 Å². The molecule has 3 rings (SSSR count). The second-order valence-corrected chi connectivity index (χ2v) is 8.09. The fourth-order valence-electron chi connectivity index (χ4n) is 4.18. The van der Waals surface area contributed by atoms with Gasteiger partial charge >= 0.3 is 0 Å². The van der Waals surface area contributed by atoms with Crippen LogP contribution >= 0.6 is 0 Å². The van der Waals surface area contributed by atoms with E-state index in [4.69, 9.17) is 0 Å². The molecule has 1 aromatic heterocycles. The van der Waals surface area contributed by atoms with E-state index in [1.807, 2.05) is 9.58 Å². The van der Waals surface area contributed by atoms with Gasteiger partial charge in [0, 0.05) is 0 Å². The van der Waals surface area contributed by atoms with Gasteiger partial charge in [0.2, 0.25) is 5.82 Å². The Hall–Kier alpha value is -1.01. The van der Waals surface area contributed by atoms with Gasteiger partial charge in [-0.2, -0.15) is 0 Å². The zero-order valence-electron chi connectivity index (χ0n) is 15.1. The Morgan fingerprint density at radius 3 is 2.43 bits per heavy atom. The summed E-state index contributed by atoms with van der Waals surface area (Å²) in [4.78, 5) is 3.51. The van der Waals surface area contributed by atoms with Crippen molar-refractivity contribution < 1.29 is 9.80 Å². The van der Waals surface area contributed by atoms with Gasteiger partial charge in [-0.15, -0.1) is 5.10 Å². The molecule has 0 spiro atoms. The lowest BCUT2D eigenvalue weighted by Crippen LogP contribution is -3.29. The van der Waals surface area contributed by atoms with E-state index in [-0.39, 0.29) is 5.54 Å². The summed E-state index contributed by atoms with van der Waals surface area (Å²) in [6, 6.07) is 0.939. The van der Waals surface area contributed by atoms with Crippen LogP contribution in [0.25, 0.3) is 0 Å². The SMILES string of the molecule is CCC(C)(C)n1nnnc1C[NH+]1CC[NH+](C2CCCCC2)CC1. The van der Waals surface area contributed by atoms with E-state index in [1.54, 1.807) is 4.90 Å². The summed E-state index contributed by atoms with van der Waals surface area (Å²) in [7, 11) is 0. The highest BCUT2D eigenvalue weighted by Gasteiger charge is 2.32. The highest BCUT2D eigenvalue weighted by atomic mass is 15.6. The Labute approximate surface area is 140 Å². The summed E-state index contributed by atoms with van der Waals surface area (Å²) in [5.74, 6) is 1.05. The van der Waals surface area contributed by atoms with Gasteiger partial charge in [-0.3, -0.25) is 0 Å². The third-order valence-electron chi connectivity index (χ3n) is 6.16. The molecule has 2 aliphatic rings. The van der Waals surface area contributed by atoms with Crippen molar-refractivity contribution in [3.63, 3.8) is 0 Å². The number of quaternary nitrogens is 2. The van der Waals surface area contributed by atoms with Crippen LogP contribution in [0.1, 0.15) is 65.1 Å². The molecule has 2 heterocycles. The second-order valence-electron chi connectivity index (χ2n) is 8.09. The first-order valence-electron chi connectivity index (χ1n) is 9.56. The van der Waals surface area contributed by atoms with Gasteiger partial charge in [0.1, 0.15) is 32.7 Å². The van der Waals surface area contributed by atoms with Gasteiger partial charge in [0.15, 0.2) is 0 Å².